The van der Waals surface area contributed by atoms with E-state index in [4.69, 9.17) is 19.2 Å². The number of likely N-dealkylation sites (tertiary alicyclic amines) is 1. The van der Waals surface area contributed by atoms with E-state index in [0.29, 0.717) is 25.1 Å². The first-order valence-electron chi connectivity index (χ1n) is 13.7. The van der Waals surface area contributed by atoms with Crippen molar-refractivity contribution in [3.8, 4) is 5.75 Å². The molecule has 0 saturated carbocycles. The van der Waals surface area contributed by atoms with Crippen molar-refractivity contribution in [2.45, 2.75) is 52.1 Å². The SMILES string of the molecule is Cc1cnc2nc1N1CCC(CC1)COCCCCOCc1cc(ccc1OCCN1CCCC1)N2.[HH]. The summed E-state index contributed by atoms with van der Waals surface area (Å²) >= 11 is 0. The minimum Gasteiger partial charge on any atom is -0.492 e. The highest BCUT2D eigenvalue weighted by atomic mass is 16.5. The third-order valence-corrected chi connectivity index (χ3v) is 7.48. The van der Waals surface area contributed by atoms with E-state index in [9.17, 15) is 0 Å². The zero-order chi connectivity index (χ0) is 24.6. The molecule has 4 aliphatic rings. The first-order chi connectivity index (χ1) is 17.7. The Labute approximate surface area is 216 Å². The maximum atomic E-state index is 6.21. The summed E-state index contributed by atoms with van der Waals surface area (Å²) in [6, 6.07) is 6.20. The lowest BCUT2D eigenvalue weighted by Gasteiger charge is -2.33. The Kier molecular flexibility index (Phi) is 8.90. The molecule has 198 valence electrons. The fraction of sp³-hybridized carbons (Fsp3) is 0.643. The second-order valence-corrected chi connectivity index (χ2v) is 10.3. The summed E-state index contributed by atoms with van der Waals surface area (Å²) in [5.41, 5.74) is 3.10. The first-order valence-corrected chi connectivity index (χ1v) is 13.7. The molecular weight excluding hydrogens is 454 g/mol. The third kappa shape index (κ3) is 6.87. The maximum absolute atomic E-state index is 6.21. The molecule has 0 unspecified atom stereocenters. The van der Waals surface area contributed by atoms with Gasteiger partial charge in [0.25, 0.3) is 0 Å². The van der Waals surface area contributed by atoms with Crippen LogP contribution in [0.2, 0.25) is 0 Å². The molecule has 1 N–H and O–H groups in total. The Morgan fingerprint density at radius 3 is 2.69 bits per heavy atom. The van der Waals surface area contributed by atoms with Crippen LogP contribution in [0.1, 0.15) is 51.1 Å². The molecule has 4 aliphatic heterocycles. The molecule has 2 aromatic rings. The van der Waals surface area contributed by atoms with Crippen molar-refractivity contribution in [3.05, 3.63) is 35.5 Å². The van der Waals surface area contributed by atoms with Crippen LogP contribution in [0.5, 0.6) is 5.75 Å². The molecule has 1 aromatic carbocycles. The van der Waals surface area contributed by atoms with Gasteiger partial charge in [0.1, 0.15) is 18.2 Å². The Hall–Kier alpha value is -2.42. The standard InChI is InChI=1S/C28H41N5O3.H2/c1-22-19-29-28-30-25-6-7-26(36-17-14-32-10-2-3-11-32)24(18-25)21-35-16-5-4-15-34-20-23-8-12-33(13-9-23)27(22)31-28;/h6-7,18-19,23H,2-5,8-17,20-21H2,1H3,(H,29,30,31);1H. The molecule has 6 rings (SSSR count). The zero-order valence-electron chi connectivity index (χ0n) is 21.7. The number of ether oxygens (including phenoxy) is 3. The van der Waals surface area contributed by atoms with E-state index < -0.39 is 0 Å². The van der Waals surface area contributed by atoms with Gasteiger partial charge >= 0.3 is 0 Å². The van der Waals surface area contributed by atoms with Crippen LogP contribution < -0.4 is 15.0 Å². The van der Waals surface area contributed by atoms with Crippen LogP contribution >= 0.6 is 0 Å². The minimum atomic E-state index is 0. The van der Waals surface area contributed by atoms with Crippen molar-refractivity contribution in [2.75, 3.05) is 69.4 Å². The molecular formula is C28H43N5O3. The molecule has 2 fully saturated rings. The number of piperidine rings is 1. The number of anilines is 3. The average molecular weight is 498 g/mol. The molecule has 0 spiro atoms. The fourth-order valence-corrected chi connectivity index (χ4v) is 5.30. The smallest absolute Gasteiger partial charge is 0.229 e. The van der Waals surface area contributed by atoms with Gasteiger partial charge in [-0.3, -0.25) is 4.90 Å². The number of rotatable bonds is 4. The van der Waals surface area contributed by atoms with E-state index in [1.54, 1.807) is 0 Å². The summed E-state index contributed by atoms with van der Waals surface area (Å²) in [4.78, 5) is 14.3. The van der Waals surface area contributed by atoms with Gasteiger partial charge in [-0.25, -0.2) is 4.98 Å². The molecule has 0 radical (unpaired) electrons. The van der Waals surface area contributed by atoms with E-state index in [1.165, 1.54) is 25.9 Å². The Balaban J connectivity index is 0.00000320. The third-order valence-electron chi connectivity index (χ3n) is 7.48. The Morgan fingerprint density at radius 2 is 1.86 bits per heavy atom. The van der Waals surface area contributed by atoms with Crippen molar-refractivity contribution < 1.29 is 15.6 Å². The molecule has 6 bridgehead atoms. The van der Waals surface area contributed by atoms with Gasteiger partial charge in [-0.15, -0.1) is 0 Å². The highest BCUT2D eigenvalue weighted by Gasteiger charge is 2.22. The summed E-state index contributed by atoms with van der Waals surface area (Å²) < 4.78 is 18.3. The summed E-state index contributed by atoms with van der Waals surface area (Å²) in [6.07, 6.45) is 8.82. The quantitative estimate of drug-likeness (QED) is 0.646. The van der Waals surface area contributed by atoms with Gasteiger partial charge in [0.05, 0.1) is 6.61 Å². The Bertz CT molecular complexity index is 980. The van der Waals surface area contributed by atoms with Gasteiger partial charge in [0.15, 0.2) is 0 Å². The number of aromatic nitrogens is 2. The number of hydrogen-bond donors (Lipinski definition) is 1. The molecule has 5 heterocycles. The molecule has 0 amide bonds. The molecule has 0 aliphatic carbocycles. The largest absolute Gasteiger partial charge is 0.492 e. The summed E-state index contributed by atoms with van der Waals surface area (Å²) in [5.74, 6) is 3.16. The predicted octanol–water partition coefficient (Wildman–Crippen LogP) is 4.79. The van der Waals surface area contributed by atoms with Crippen molar-refractivity contribution in [1.82, 2.24) is 14.9 Å². The van der Waals surface area contributed by atoms with Crippen molar-refractivity contribution >= 4 is 17.5 Å². The zero-order valence-corrected chi connectivity index (χ0v) is 21.7. The van der Waals surface area contributed by atoms with Gasteiger partial charge in [-0.05, 0) is 82.7 Å². The highest BCUT2D eigenvalue weighted by molar-refractivity contribution is 5.59. The normalized spacial score (nSPS) is 20.4. The van der Waals surface area contributed by atoms with Crippen LogP contribution in [0.4, 0.5) is 17.5 Å². The van der Waals surface area contributed by atoms with Crippen LogP contribution in [0.15, 0.2) is 24.4 Å². The number of nitrogens with one attached hydrogen (secondary N) is 1. The summed E-state index contributed by atoms with van der Waals surface area (Å²) in [5, 5.41) is 3.42. The molecule has 1 aromatic heterocycles. The van der Waals surface area contributed by atoms with Gasteiger partial charge in [-0.1, -0.05) is 0 Å². The van der Waals surface area contributed by atoms with E-state index >= 15 is 0 Å². The fourth-order valence-electron chi connectivity index (χ4n) is 5.30. The van der Waals surface area contributed by atoms with Crippen molar-refractivity contribution in [3.63, 3.8) is 0 Å². The number of benzene rings is 1. The minimum absolute atomic E-state index is 0. The lowest BCUT2D eigenvalue weighted by Crippen LogP contribution is -2.36. The maximum Gasteiger partial charge on any atom is 0.229 e. The van der Waals surface area contributed by atoms with Crippen LogP contribution in [0.3, 0.4) is 0 Å². The van der Waals surface area contributed by atoms with Crippen molar-refractivity contribution in [2.24, 2.45) is 5.92 Å². The number of hydrogen-bond acceptors (Lipinski definition) is 8. The molecule has 36 heavy (non-hydrogen) atoms. The van der Waals surface area contributed by atoms with E-state index in [0.717, 1.165) is 93.5 Å². The lowest BCUT2D eigenvalue weighted by molar-refractivity contribution is 0.0736. The van der Waals surface area contributed by atoms with Gasteiger partial charge in [-0.2, -0.15) is 4.98 Å². The first kappa shape index (κ1) is 25.2. The Morgan fingerprint density at radius 1 is 1.06 bits per heavy atom. The van der Waals surface area contributed by atoms with Gasteiger partial charge in [0.2, 0.25) is 5.95 Å². The highest BCUT2D eigenvalue weighted by Crippen LogP contribution is 2.28. The lowest BCUT2D eigenvalue weighted by atomic mass is 9.97. The molecule has 0 atom stereocenters. The predicted molar refractivity (Wildman–Crippen MR) is 144 cm³/mol. The van der Waals surface area contributed by atoms with Gasteiger partial charge in [0, 0.05) is 63.9 Å². The second-order valence-electron chi connectivity index (χ2n) is 10.3. The second kappa shape index (κ2) is 12.7. The van der Waals surface area contributed by atoms with E-state index in [1.807, 2.05) is 18.3 Å². The molecule has 8 heteroatoms. The van der Waals surface area contributed by atoms with E-state index in [-0.39, 0.29) is 1.43 Å². The van der Waals surface area contributed by atoms with Gasteiger partial charge < -0.3 is 24.4 Å². The number of nitrogens with zero attached hydrogens (tertiary/aromatic N) is 4. The van der Waals surface area contributed by atoms with Crippen LogP contribution in [-0.2, 0) is 16.1 Å². The topological polar surface area (TPSA) is 72.0 Å². The molecule has 2 saturated heterocycles. The monoisotopic (exact) mass is 497 g/mol. The number of aryl methyl sites for hydroxylation is 1. The summed E-state index contributed by atoms with van der Waals surface area (Å²) in [6.45, 7) is 11.0. The average Bonchev–Trinajstić information content (AvgIpc) is 3.41. The number of fused-ring (bicyclic) bond motifs is 9. The molecule has 8 nitrogen and oxygen atoms in total. The van der Waals surface area contributed by atoms with E-state index in [2.05, 4.69) is 33.1 Å². The summed E-state index contributed by atoms with van der Waals surface area (Å²) in [7, 11) is 0. The van der Waals surface area contributed by atoms with Crippen molar-refractivity contribution in [1.29, 1.82) is 0 Å². The van der Waals surface area contributed by atoms with Crippen LogP contribution in [0, 0.1) is 12.8 Å². The van der Waals surface area contributed by atoms with Crippen LogP contribution in [-0.4, -0.2) is 74.0 Å². The van der Waals surface area contributed by atoms with Crippen LogP contribution in [0.25, 0.3) is 0 Å².